The van der Waals surface area contributed by atoms with Crippen LogP contribution >= 0.6 is 0 Å². The number of hydrogen-bond donors (Lipinski definition) is 0. The smallest absolute Gasteiger partial charge is 0.306 e. The molecule has 0 amide bonds. The minimum Gasteiger partial charge on any atom is -0.459 e. The number of carbonyl (C=O) groups is 5. The second-order valence-electron chi connectivity index (χ2n) is 11.5. The first-order chi connectivity index (χ1) is 17.3. The van der Waals surface area contributed by atoms with Crippen LogP contribution in [0.1, 0.15) is 73.1 Å². The number of rotatable bonds is 6. The fourth-order valence-corrected chi connectivity index (χ4v) is 8.34. The Morgan fingerprint density at radius 3 is 2.49 bits per heavy atom. The average Bonchev–Trinajstić information content (AvgIpc) is 3.46. The highest BCUT2D eigenvalue weighted by Gasteiger charge is 2.91. The molecule has 0 aromatic rings. The highest BCUT2D eigenvalue weighted by Crippen LogP contribution is 2.81. The van der Waals surface area contributed by atoms with Crippen LogP contribution in [0.25, 0.3) is 0 Å². The lowest BCUT2D eigenvalue weighted by Crippen LogP contribution is -2.67. The van der Waals surface area contributed by atoms with Crippen LogP contribution in [-0.2, 0) is 42.9 Å². The van der Waals surface area contributed by atoms with E-state index in [1.807, 2.05) is 19.9 Å². The van der Waals surface area contributed by atoms with Crippen molar-refractivity contribution in [1.29, 1.82) is 0 Å². The zero-order chi connectivity index (χ0) is 27.0. The summed E-state index contributed by atoms with van der Waals surface area (Å²) in [7, 11) is 0. The molecule has 7 atom stereocenters. The molecule has 1 heterocycles. The van der Waals surface area contributed by atoms with Crippen molar-refractivity contribution < 1.29 is 42.9 Å². The molecule has 1 saturated heterocycles. The lowest BCUT2D eigenvalue weighted by Gasteiger charge is -2.56. The molecule has 9 heteroatoms. The lowest BCUT2D eigenvalue weighted by molar-refractivity contribution is -0.196. The predicted molar refractivity (Wildman–Crippen MR) is 128 cm³/mol. The Hall–Kier alpha value is -2.81. The second-order valence-corrected chi connectivity index (χ2v) is 11.5. The highest BCUT2D eigenvalue weighted by molar-refractivity contribution is 6.01. The van der Waals surface area contributed by atoms with Gasteiger partial charge in [0, 0.05) is 37.0 Å². The van der Waals surface area contributed by atoms with E-state index in [-0.39, 0.29) is 31.0 Å². The van der Waals surface area contributed by atoms with Gasteiger partial charge < -0.3 is 18.9 Å². The minimum atomic E-state index is -1.55. The maximum atomic E-state index is 13.8. The van der Waals surface area contributed by atoms with Crippen LogP contribution in [0.4, 0.5) is 0 Å². The van der Waals surface area contributed by atoms with Crippen LogP contribution < -0.4 is 0 Å². The van der Waals surface area contributed by atoms with Crippen molar-refractivity contribution in [2.75, 3.05) is 6.61 Å². The minimum absolute atomic E-state index is 0.0767. The van der Waals surface area contributed by atoms with Gasteiger partial charge in [0.2, 0.25) is 5.78 Å². The summed E-state index contributed by atoms with van der Waals surface area (Å²) in [5.41, 5.74) is -3.86. The van der Waals surface area contributed by atoms with Crippen LogP contribution in [0.15, 0.2) is 23.8 Å². The molecule has 0 aromatic carbocycles. The second kappa shape index (κ2) is 8.09. The average molecular weight is 515 g/mol. The Balaban J connectivity index is 1.64. The third-order valence-corrected chi connectivity index (χ3v) is 9.88. The molecule has 37 heavy (non-hydrogen) atoms. The largest absolute Gasteiger partial charge is 0.459 e. The van der Waals surface area contributed by atoms with Gasteiger partial charge in [-0.3, -0.25) is 24.0 Å². The first kappa shape index (κ1) is 25.8. The predicted octanol–water partition coefficient (Wildman–Crippen LogP) is 2.94. The number of allylic oxidation sites excluding steroid dienone is 2. The lowest BCUT2D eigenvalue weighted by atomic mass is 9.46. The van der Waals surface area contributed by atoms with Crippen molar-refractivity contribution in [3.05, 3.63) is 23.8 Å². The highest BCUT2D eigenvalue weighted by atomic mass is 16.7. The first-order valence-electron chi connectivity index (χ1n) is 13.0. The van der Waals surface area contributed by atoms with Gasteiger partial charge in [0.1, 0.15) is 17.3 Å². The van der Waals surface area contributed by atoms with Crippen LogP contribution in [0, 0.1) is 16.7 Å². The molecular formula is C28H34O9. The molecule has 2 unspecified atom stereocenters. The van der Waals surface area contributed by atoms with Gasteiger partial charge in [-0.05, 0) is 51.2 Å². The fourth-order valence-electron chi connectivity index (χ4n) is 8.34. The summed E-state index contributed by atoms with van der Waals surface area (Å²) in [5, 5.41) is 0. The van der Waals surface area contributed by atoms with Crippen LogP contribution in [0.3, 0.4) is 0 Å². The van der Waals surface area contributed by atoms with Crippen LogP contribution in [-0.4, -0.2) is 59.0 Å². The maximum Gasteiger partial charge on any atom is 0.306 e. The summed E-state index contributed by atoms with van der Waals surface area (Å²) in [6.45, 7) is 7.63. The normalized spacial score (nSPS) is 42.8. The summed E-state index contributed by atoms with van der Waals surface area (Å²) >= 11 is 0. The van der Waals surface area contributed by atoms with E-state index >= 15 is 0 Å². The van der Waals surface area contributed by atoms with Gasteiger partial charge in [-0.2, -0.15) is 0 Å². The standard InChI is InChI=1S/C28H34O9/c1-6-23(33)36-27(21(32)15-34-16(2)29)12-9-20-25(27,5)14-22(35-17(3)30)28-24(4)10-8-19(31)13-18(24)7-11-26(20,28)37-28/h8,10,13,20,22H,6-7,9,11-12,14-15H2,1-5H3/t20-,22+,24+,25+,26?,27+,28?/m1/s1. The van der Waals surface area contributed by atoms with E-state index in [1.54, 1.807) is 19.1 Å². The van der Waals surface area contributed by atoms with E-state index in [2.05, 4.69) is 0 Å². The number of fused-ring (bicyclic) bond motifs is 2. The Labute approximate surface area is 215 Å². The molecule has 5 rings (SSSR count). The third kappa shape index (κ3) is 3.15. The Morgan fingerprint density at radius 1 is 1.11 bits per heavy atom. The Kier molecular flexibility index (Phi) is 5.65. The van der Waals surface area contributed by atoms with Crippen LogP contribution in [0.2, 0.25) is 0 Å². The molecule has 0 aromatic heterocycles. The molecule has 0 N–H and O–H groups in total. The zero-order valence-corrected chi connectivity index (χ0v) is 22.0. The fraction of sp³-hybridized carbons (Fsp3) is 0.679. The van der Waals surface area contributed by atoms with Gasteiger partial charge in [0.25, 0.3) is 0 Å². The first-order valence-corrected chi connectivity index (χ1v) is 13.0. The van der Waals surface area contributed by atoms with Gasteiger partial charge in [0.15, 0.2) is 18.0 Å². The summed E-state index contributed by atoms with van der Waals surface area (Å²) in [5.74, 6) is -2.37. The number of esters is 3. The third-order valence-electron chi connectivity index (χ3n) is 9.88. The van der Waals surface area contributed by atoms with E-state index in [0.717, 1.165) is 5.57 Å². The zero-order valence-electron chi connectivity index (χ0n) is 22.0. The molecular weight excluding hydrogens is 480 g/mol. The van der Waals surface area contributed by atoms with E-state index in [1.165, 1.54) is 13.8 Å². The summed E-state index contributed by atoms with van der Waals surface area (Å²) in [4.78, 5) is 62.6. The van der Waals surface area contributed by atoms with Gasteiger partial charge in [-0.1, -0.05) is 25.5 Å². The number of Topliss-reactive ketones (excluding diaryl/α,β-unsaturated/α-hetero) is 1. The van der Waals surface area contributed by atoms with Crippen molar-refractivity contribution >= 4 is 29.5 Å². The van der Waals surface area contributed by atoms with Crippen molar-refractivity contribution in [2.24, 2.45) is 16.7 Å². The van der Waals surface area contributed by atoms with E-state index in [4.69, 9.17) is 18.9 Å². The van der Waals surface area contributed by atoms with Crippen molar-refractivity contribution in [3.8, 4) is 0 Å². The molecule has 4 fully saturated rings. The number of ketones is 2. The molecule has 1 aliphatic heterocycles. The monoisotopic (exact) mass is 514 g/mol. The molecule has 5 aliphatic rings. The molecule has 0 bridgehead atoms. The van der Waals surface area contributed by atoms with Gasteiger partial charge in [-0.15, -0.1) is 0 Å². The number of hydrogen-bond acceptors (Lipinski definition) is 9. The SMILES string of the molecule is CCC(=O)O[C@]1(C(=O)COC(C)=O)CC[C@H]2C34CCC5=CC(=O)C=C[C@]5(C)C3(O4)[C@@H](OC(C)=O)C[C@@]21C. The van der Waals surface area contributed by atoms with Crippen molar-refractivity contribution in [1.82, 2.24) is 0 Å². The number of epoxide rings is 1. The Bertz CT molecular complexity index is 1170. The Morgan fingerprint density at radius 2 is 1.84 bits per heavy atom. The molecule has 3 saturated carbocycles. The van der Waals surface area contributed by atoms with E-state index < -0.39 is 64.0 Å². The topological polar surface area (TPSA) is 126 Å². The summed E-state index contributed by atoms with van der Waals surface area (Å²) in [6, 6.07) is 0. The van der Waals surface area contributed by atoms with Crippen LogP contribution in [0.5, 0.6) is 0 Å². The molecule has 4 aliphatic carbocycles. The number of ether oxygens (including phenoxy) is 4. The van der Waals surface area contributed by atoms with Crippen molar-refractivity contribution in [3.63, 3.8) is 0 Å². The number of carbonyl (C=O) groups excluding carboxylic acids is 5. The van der Waals surface area contributed by atoms with E-state index in [9.17, 15) is 24.0 Å². The summed E-state index contributed by atoms with van der Waals surface area (Å²) < 4.78 is 23.8. The van der Waals surface area contributed by atoms with Gasteiger partial charge in [-0.25, -0.2) is 0 Å². The maximum absolute atomic E-state index is 13.8. The van der Waals surface area contributed by atoms with Gasteiger partial charge >= 0.3 is 17.9 Å². The molecule has 9 nitrogen and oxygen atoms in total. The van der Waals surface area contributed by atoms with E-state index in [0.29, 0.717) is 19.3 Å². The molecule has 0 radical (unpaired) electrons. The molecule has 0 spiro atoms. The van der Waals surface area contributed by atoms with Crippen molar-refractivity contribution in [2.45, 2.75) is 96.1 Å². The molecule has 200 valence electrons. The quantitative estimate of drug-likeness (QED) is 0.299. The summed E-state index contributed by atoms with van der Waals surface area (Å²) in [6.07, 6.45) is 6.61. The van der Waals surface area contributed by atoms with Gasteiger partial charge in [0.05, 0.1) is 0 Å².